The molecule has 1 heterocycles. The van der Waals surface area contributed by atoms with E-state index in [-0.39, 0.29) is 0 Å². The minimum Gasteiger partial charge on any atom is -0.444 e. The van der Waals surface area contributed by atoms with Gasteiger partial charge in [0.05, 0.1) is 12.6 Å². The van der Waals surface area contributed by atoms with Crippen LogP contribution < -0.4 is 0 Å². The number of alkyl halides is 2. The van der Waals surface area contributed by atoms with E-state index in [1.165, 1.54) is 6.92 Å². The largest absolute Gasteiger partial charge is 0.444 e. The number of likely N-dealkylation sites (tertiary alicyclic amines) is 1. The Bertz CT molecular complexity index is 336. The Morgan fingerprint density at radius 1 is 1.35 bits per heavy atom. The van der Waals surface area contributed by atoms with Crippen LogP contribution in [-0.2, 0) is 9.53 Å². The van der Waals surface area contributed by atoms with Crippen LogP contribution in [0.15, 0.2) is 0 Å². The minimum absolute atomic E-state index is 0.451. The SMILES string of the molecule is CC(=O)[C@H]1CC(F)(F)CN1C(=O)OC(C)(C)C. The monoisotopic (exact) mass is 249 g/mol. The van der Waals surface area contributed by atoms with Crippen LogP contribution in [-0.4, -0.2) is 40.9 Å². The van der Waals surface area contributed by atoms with Gasteiger partial charge in [0.25, 0.3) is 5.92 Å². The zero-order valence-electron chi connectivity index (χ0n) is 10.4. The third kappa shape index (κ3) is 3.64. The maximum atomic E-state index is 13.2. The smallest absolute Gasteiger partial charge is 0.411 e. The second-order valence-corrected chi connectivity index (χ2v) is 5.29. The van der Waals surface area contributed by atoms with Gasteiger partial charge in [0, 0.05) is 6.42 Å². The van der Waals surface area contributed by atoms with Crippen molar-refractivity contribution < 1.29 is 23.1 Å². The van der Waals surface area contributed by atoms with Gasteiger partial charge in [0.2, 0.25) is 0 Å². The Morgan fingerprint density at radius 3 is 2.29 bits per heavy atom. The van der Waals surface area contributed by atoms with Crippen molar-refractivity contribution in [1.29, 1.82) is 0 Å². The van der Waals surface area contributed by atoms with E-state index in [1.807, 2.05) is 0 Å². The second-order valence-electron chi connectivity index (χ2n) is 5.29. The quantitative estimate of drug-likeness (QED) is 0.715. The highest BCUT2D eigenvalue weighted by Gasteiger charge is 2.49. The predicted octanol–water partition coefficient (Wildman–Crippen LogP) is 2.22. The molecule has 0 N–H and O–H groups in total. The summed E-state index contributed by atoms with van der Waals surface area (Å²) in [5.74, 6) is -3.47. The lowest BCUT2D eigenvalue weighted by Gasteiger charge is -2.27. The van der Waals surface area contributed by atoms with E-state index in [2.05, 4.69) is 0 Å². The number of ketones is 1. The molecule has 1 atom stereocenters. The average Bonchev–Trinajstić information content (AvgIpc) is 2.38. The molecule has 1 fully saturated rings. The molecule has 6 heteroatoms. The van der Waals surface area contributed by atoms with E-state index in [4.69, 9.17) is 4.74 Å². The number of carbonyl (C=O) groups is 2. The van der Waals surface area contributed by atoms with Gasteiger partial charge >= 0.3 is 6.09 Å². The number of carbonyl (C=O) groups excluding carboxylic acids is 2. The fourth-order valence-electron chi connectivity index (χ4n) is 1.69. The van der Waals surface area contributed by atoms with Crippen molar-refractivity contribution in [2.24, 2.45) is 0 Å². The molecular formula is C11H17F2NO3. The number of hydrogen-bond acceptors (Lipinski definition) is 3. The highest BCUT2D eigenvalue weighted by molar-refractivity contribution is 5.86. The van der Waals surface area contributed by atoms with Gasteiger partial charge in [0.15, 0.2) is 5.78 Å². The molecule has 0 aromatic rings. The molecule has 4 nitrogen and oxygen atoms in total. The Hall–Kier alpha value is -1.20. The summed E-state index contributed by atoms with van der Waals surface area (Å²) in [5, 5.41) is 0. The van der Waals surface area contributed by atoms with Crippen molar-refractivity contribution in [3.8, 4) is 0 Å². The van der Waals surface area contributed by atoms with Crippen LogP contribution in [0.1, 0.15) is 34.1 Å². The molecule has 98 valence electrons. The van der Waals surface area contributed by atoms with E-state index in [0.717, 1.165) is 4.90 Å². The van der Waals surface area contributed by atoms with E-state index in [1.54, 1.807) is 20.8 Å². The van der Waals surface area contributed by atoms with Crippen molar-refractivity contribution in [2.45, 2.75) is 51.7 Å². The molecule has 0 saturated carbocycles. The highest BCUT2D eigenvalue weighted by atomic mass is 19.3. The molecular weight excluding hydrogens is 232 g/mol. The molecule has 0 unspecified atom stereocenters. The number of Topliss-reactive ketones (excluding diaryl/α,β-unsaturated/α-hetero) is 1. The van der Waals surface area contributed by atoms with Gasteiger partial charge in [-0.25, -0.2) is 13.6 Å². The van der Waals surface area contributed by atoms with Crippen LogP contribution in [0.2, 0.25) is 0 Å². The number of rotatable bonds is 1. The summed E-state index contributed by atoms with van der Waals surface area (Å²) >= 11 is 0. The molecule has 0 bridgehead atoms. The van der Waals surface area contributed by atoms with E-state index >= 15 is 0 Å². The number of nitrogens with zero attached hydrogens (tertiary/aromatic N) is 1. The van der Waals surface area contributed by atoms with Crippen LogP contribution in [0.25, 0.3) is 0 Å². The topological polar surface area (TPSA) is 46.6 Å². The van der Waals surface area contributed by atoms with Gasteiger partial charge in [0.1, 0.15) is 5.60 Å². The summed E-state index contributed by atoms with van der Waals surface area (Å²) in [6.45, 7) is 5.36. The van der Waals surface area contributed by atoms with Crippen LogP contribution in [0.3, 0.4) is 0 Å². The molecule has 1 aliphatic heterocycles. The normalized spacial score (nSPS) is 23.6. The fourth-order valence-corrected chi connectivity index (χ4v) is 1.69. The molecule has 17 heavy (non-hydrogen) atoms. The maximum Gasteiger partial charge on any atom is 0.411 e. The first-order chi connectivity index (χ1) is 7.52. The summed E-state index contributed by atoms with van der Waals surface area (Å²) in [7, 11) is 0. The zero-order chi connectivity index (χ0) is 13.4. The van der Waals surface area contributed by atoms with E-state index in [0.29, 0.717) is 0 Å². The first-order valence-electron chi connectivity index (χ1n) is 5.40. The maximum absolute atomic E-state index is 13.2. The van der Waals surface area contributed by atoms with Crippen molar-refractivity contribution in [3.05, 3.63) is 0 Å². The van der Waals surface area contributed by atoms with Gasteiger partial charge in [-0.1, -0.05) is 0 Å². The summed E-state index contributed by atoms with van der Waals surface area (Å²) in [5.41, 5.74) is -0.768. The van der Waals surface area contributed by atoms with Gasteiger partial charge in [-0.15, -0.1) is 0 Å². The van der Waals surface area contributed by atoms with Crippen LogP contribution >= 0.6 is 0 Å². The third-order valence-electron chi connectivity index (χ3n) is 2.37. The van der Waals surface area contributed by atoms with Crippen molar-refractivity contribution >= 4 is 11.9 Å². The summed E-state index contributed by atoms with van der Waals surface area (Å²) in [6.07, 6.45) is -1.49. The molecule has 0 aliphatic carbocycles. The second kappa shape index (κ2) is 4.23. The molecule has 1 saturated heterocycles. The summed E-state index contributed by atoms with van der Waals surface area (Å²) in [4.78, 5) is 23.7. The predicted molar refractivity (Wildman–Crippen MR) is 57.0 cm³/mol. The minimum atomic E-state index is -3.02. The lowest BCUT2D eigenvalue weighted by molar-refractivity contribution is -0.121. The van der Waals surface area contributed by atoms with Crippen molar-refractivity contribution in [3.63, 3.8) is 0 Å². The molecule has 1 amide bonds. The lowest BCUT2D eigenvalue weighted by Crippen LogP contribution is -2.43. The summed E-state index contributed by atoms with van der Waals surface area (Å²) in [6, 6.07) is -1.08. The zero-order valence-corrected chi connectivity index (χ0v) is 10.4. The molecule has 0 aromatic carbocycles. The summed E-state index contributed by atoms with van der Waals surface area (Å²) < 4.78 is 31.4. The lowest BCUT2D eigenvalue weighted by atomic mass is 10.1. The first-order valence-corrected chi connectivity index (χ1v) is 5.40. The number of hydrogen-bond donors (Lipinski definition) is 0. The molecule has 1 aliphatic rings. The van der Waals surface area contributed by atoms with Gasteiger partial charge < -0.3 is 4.74 Å². The van der Waals surface area contributed by atoms with Crippen LogP contribution in [0.4, 0.5) is 13.6 Å². The Morgan fingerprint density at radius 2 is 1.88 bits per heavy atom. The highest BCUT2D eigenvalue weighted by Crippen LogP contribution is 2.33. The van der Waals surface area contributed by atoms with Crippen LogP contribution in [0.5, 0.6) is 0 Å². The van der Waals surface area contributed by atoms with Crippen molar-refractivity contribution in [2.75, 3.05) is 6.54 Å². The molecule has 1 rings (SSSR count). The first kappa shape index (κ1) is 13.9. The van der Waals surface area contributed by atoms with Gasteiger partial charge in [-0.3, -0.25) is 9.69 Å². The average molecular weight is 249 g/mol. The number of ether oxygens (including phenoxy) is 1. The standard InChI is InChI=1S/C11H17F2NO3/c1-7(15)8-5-11(12,13)6-14(8)9(16)17-10(2,3)4/h8H,5-6H2,1-4H3/t8-/m1/s1. The number of amides is 1. The Balaban J connectivity index is 2.81. The van der Waals surface area contributed by atoms with Gasteiger partial charge in [-0.2, -0.15) is 0 Å². The van der Waals surface area contributed by atoms with E-state index in [9.17, 15) is 18.4 Å². The number of halogens is 2. The Labute approximate surface area is 98.9 Å². The Kier molecular flexibility index (Phi) is 3.45. The van der Waals surface area contributed by atoms with Crippen molar-refractivity contribution in [1.82, 2.24) is 4.90 Å². The fraction of sp³-hybridized carbons (Fsp3) is 0.818. The molecule has 0 radical (unpaired) electrons. The van der Waals surface area contributed by atoms with Crippen LogP contribution in [0, 0.1) is 0 Å². The molecule has 0 spiro atoms. The van der Waals surface area contributed by atoms with Gasteiger partial charge in [-0.05, 0) is 27.7 Å². The van der Waals surface area contributed by atoms with E-state index < -0.39 is 42.4 Å². The third-order valence-corrected chi connectivity index (χ3v) is 2.37. The molecule has 0 aromatic heterocycles.